The van der Waals surface area contributed by atoms with Crippen molar-refractivity contribution in [3.8, 4) is 5.75 Å². The SMILES string of the molecule is C[C@@H](CC(=O)O)c1ccc(OC2CCc3ccccc32)cc1. The number of rotatable bonds is 5. The molecule has 1 aliphatic rings. The molecule has 0 heterocycles. The van der Waals surface area contributed by atoms with Crippen molar-refractivity contribution in [2.45, 2.75) is 38.2 Å². The molecule has 0 radical (unpaired) electrons. The minimum Gasteiger partial charge on any atom is -0.486 e. The van der Waals surface area contributed by atoms with Gasteiger partial charge in [-0.15, -0.1) is 0 Å². The molecule has 1 N–H and O–H groups in total. The van der Waals surface area contributed by atoms with Gasteiger partial charge in [0.05, 0.1) is 6.42 Å². The third kappa shape index (κ3) is 3.14. The molecule has 0 saturated carbocycles. The second-order valence-corrected chi connectivity index (χ2v) is 5.91. The first-order chi connectivity index (χ1) is 10.6. The molecule has 0 bridgehead atoms. The van der Waals surface area contributed by atoms with E-state index in [-0.39, 0.29) is 18.4 Å². The number of hydrogen-bond donors (Lipinski definition) is 1. The number of aliphatic carboxylic acids is 1. The van der Waals surface area contributed by atoms with Crippen molar-refractivity contribution < 1.29 is 14.6 Å². The van der Waals surface area contributed by atoms with Crippen LogP contribution in [0.15, 0.2) is 48.5 Å². The zero-order chi connectivity index (χ0) is 15.5. The van der Waals surface area contributed by atoms with E-state index in [1.165, 1.54) is 11.1 Å². The molecule has 0 amide bonds. The number of ether oxygens (including phenoxy) is 1. The highest BCUT2D eigenvalue weighted by Crippen LogP contribution is 2.35. The van der Waals surface area contributed by atoms with Gasteiger partial charge in [-0.1, -0.05) is 43.3 Å². The maximum atomic E-state index is 10.8. The van der Waals surface area contributed by atoms with Gasteiger partial charge in [0.25, 0.3) is 0 Å². The van der Waals surface area contributed by atoms with Gasteiger partial charge in [0, 0.05) is 0 Å². The maximum Gasteiger partial charge on any atom is 0.303 e. The second-order valence-electron chi connectivity index (χ2n) is 5.91. The summed E-state index contributed by atoms with van der Waals surface area (Å²) in [7, 11) is 0. The van der Waals surface area contributed by atoms with Gasteiger partial charge in [0.15, 0.2) is 0 Å². The first-order valence-corrected chi connectivity index (χ1v) is 7.69. The first-order valence-electron chi connectivity index (χ1n) is 7.69. The van der Waals surface area contributed by atoms with Crippen molar-refractivity contribution >= 4 is 5.97 Å². The molecule has 3 rings (SSSR count). The standard InChI is InChI=1S/C19H20O3/c1-13(12-19(20)21)14-6-9-16(10-7-14)22-18-11-8-15-4-2-3-5-17(15)18/h2-7,9-10,13,18H,8,11-12H2,1H3,(H,20,21)/t13-,18?/m0/s1. The number of aryl methyl sites for hydroxylation is 1. The fourth-order valence-electron chi connectivity index (χ4n) is 3.06. The van der Waals surface area contributed by atoms with Crippen LogP contribution >= 0.6 is 0 Å². The van der Waals surface area contributed by atoms with Crippen molar-refractivity contribution in [3.05, 3.63) is 65.2 Å². The van der Waals surface area contributed by atoms with E-state index in [2.05, 4.69) is 24.3 Å². The fraction of sp³-hybridized carbons (Fsp3) is 0.316. The zero-order valence-corrected chi connectivity index (χ0v) is 12.7. The van der Waals surface area contributed by atoms with Crippen LogP contribution in [0, 0.1) is 0 Å². The summed E-state index contributed by atoms with van der Waals surface area (Å²) in [5.41, 5.74) is 3.69. The average molecular weight is 296 g/mol. The first kappa shape index (κ1) is 14.6. The lowest BCUT2D eigenvalue weighted by molar-refractivity contribution is -0.137. The highest BCUT2D eigenvalue weighted by molar-refractivity contribution is 5.68. The van der Waals surface area contributed by atoms with Gasteiger partial charge >= 0.3 is 5.97 Å². The quantitative estimate of drug-likeness (QED) is 0.893. The molecule has 1 aliphatic carbocycles. The lowest BCUT2D eigenvalue weighted by Gasteiger charge is -2.16. The summed E-state index contributed by atoms with van der Waals surface area (Å²) in [6.07, 6.45) is 2.35. The molecular weight excluding hydrogens is 276 g/mol. The summed E-state index contributed by atoms with van der Waals surface area (Å²) in [5, 5.41) is 8.86. The minimum atomic E-state index is -0.768. The molecule has 2 aromatic carbocycles. The summed E-state index contributed by atoms with van der Waals surface area (Å²) in [5.74, 6) is 0.0853. The molecule has 3 nitrogen and oxygen atoms in total. The lowest BCUT2D eigenvalue weighted by Crippen LogP contribution is -2.04. The molecule has 0 aliphatic heterocycles. The van der Waals surface area contributed by atoms with Crippen LogP contribution in [-0.4, -0.2) is 11.1 Å². The summed E-state index contributed by atoms with van der Waals surface area (Å²) in [6, 6.07) is 16.2. The van der Waals surface area contributed by atoms with E-state index in [1.54, 1.807) is 0 Å². The van der Waals surface area contributed by atoms with Gasteiger partial charge < -0.3 is 9.84 Å². The van der Waals surface area contributed by atoms with Crippen molar-refractivity contribution in [2.75, 3.05) is 0 Å². The third-order valence-electron chi connectivity index (χ3n) is 4.29. The number of carboxylic acid groups (broad SMARTS) is 1. The smallest absolute Gasteiger partial charge is 0.303 e. The fourth-order valence-corrected chi connectivity index (χ4v) is 3.06. The van der Waals surface area contributed by atoms with Crippen LogP contribution in [0.25, 0.3) is 0 Å². The Labute approximate surface area is 130 Å². The number of carboxylic acids is 1. The summed E-state index contributed by atoms with van der Waals surface area (Å²) < 4.78 is 6.10. The van der Waals surface area contributed by atoms with Crippen LogP contribution in [0.3, 0.4) is 0 Å². The highest BCUT2D eigenvalue weighted by Gasteiger charge is 2.23. The Hall–Kier alpha value is -2.29. The van der Waals surface area contributed by atoms with Crippen molar-refractivity contribution in [1.29, 1.82) is 0 Å². The van der Waals surface area contributed by atoms with Crippen LogP contribution in [0.1, 0.15) is 48.5 Å². The van der Waals surface area contributed by atoms with Crippen molar-refractivity contribution in [2.24, 2.45) is 0 Å². The predicted octanol–water partition coefficient (Wildman–Crippen LogP) is 4.33. The predicted molar refractivity (Wildman–Crippen MR) is 85.2 cm³/mol. The normalized spacial score (nSPS) is 17.8. The molecule has 0 aromatic heterocycles. The summed E-state index contributed by atoms with van der Waals surface area (Å²) >= 11 is 0. The van der Waals surface area contributed by atoms with Crippen molar-refractivity contribution in [3.63, 3.8) is 0 Å². The van der Waals surface area contributed by atoms with E-state index in [0.29, 0.717) is 0 Å². The molecule has 0 fully saturated rings. The van der Waals surface area contributed by atoms with E-state index >= 15 is 0 Å². The molecule has 3 heteroatoms. The number of hydrogen-bond acceptors (Lipinski definition) is 2. The van der Waals surface area contributed by atoms with E-state index < -0.39 is 5.97 Å². The molecule has 2 aromatic rings. The molecule has 1 unspecified atom stereocenters. The van der Waals surface area contributed by atoms with E-state index in [1.807, 2.05) is 31.2 Å². The Morgan fingerprint density at radius 2 is 1.95 bits per heavy atom. The van der Waals surface area contributed by atoms with E-state index in [4.69, 9.17) is 9.84 Å². The Balaban J connectivity index is 1.68. The average Bonchev–Trinajstić information content (AvgIpc) is 2.91. The Kier molecular flexibility index (Phi) is 4.14. The Bertz CT molecular complexity index is 661. The van der Waals surface area contributed by atoms with Gasteiger partial charge in [-0.05, 0) is 47.6 Å². The zero-order valence-electron chi connectivity index (χ0n) is 12.7. The monoisotopic (exact) mass is 296 g/mol. The minimum absolute atomic E-state index is 0.0127. The van der Waals surface area contributed by atoms with Gasteiger partial charge in [0.2, 0.25) is 0 Å². The molecule has 0 saturated heterocycles. The molecule has 114 valence electrons. The van der Waals surface area contributed by atoms with Gasteiger partial charge in [-0.25, -0.2) is 0 Å². The number of benzene rings is 2. The molecule has 0 spiro atoms. The molecule has 22 heavy (non-hydrogen) atoms. The van der Waals surface area contributed by atoms with E-state index in [9.17, 15) is 4.79 Å². The molecular formula is C19H20O3. The third-order valence-corrected chi connectivity index (χ3v) is 4.29. The van der Waals surface area contributed by atoms with Crippen LogP contribution in [0.5, 0.6) is 5.75 Å². The Morgan fingerprint density at radius 1 is 1.23 bits per heavy atom. The molecule has 2 atom stereocenters. The van der Waals surface area contributed by atoms with Gasteiger partial charge in [-0.2, -0.15) is 0 Å². The summed E-state index contributed by atoms with van der Waals surface area (Å²) in [4.78, 5) is 10.8. The van der Waals surface area contributed by atoms with E-state index in [0.717, 1.165) is 24.2 Å². The maximum absolute atomic E-state index is 10.8. The van der Waals surface area contributed by atoms with Crippen molar-refractivity contribution in [1.82, 2.24) is 0 Å². The van der Waals surface area contributed by atoms with Crippen LogP contribution < -0.4 is 4.74 Å². The van der Waals surface area contributed by atoms with Gasteiger partial charge in [0.1, 0.15) is 11.9 Å². The Morgan fingerprint density at radius 3 is 2.68 bits per heavy atom. The van der Waals surface area contributed by atoms with Crippen LogP contribution in [-0.2, 0) is 11.2 Å². The summed E-state index contributed by atoms with van der Waals surface area (Å²) in [6.45, 7) is 1.93. The number of fused-ring (bicyclic) bond motifs is 1. The van der Waals surface area contributed by atoms with Crippen LogP contribution in [0.4, 0.5) is 0 Å². The number of carbonyl (C=O) groups is 1. The highest BCUT2D eigenvalue weighted by atomic mass is 16.5. The van der Waals surface area contributed by atoms with Gasteiger partial charge in [-0.3, -0.25) is 4.79 Å². The van der Waals surface area contributed by atoms with Crippen LogP contribution in [0.2, 0.25) is 0 Å². The topological polar surface area (TPSA) is 46.5 Å². The lowest BCUT2D eigenvalue weighted by atomic mass is 9.98. The largest absolute Gasteiger partial charge is 0.486 e. The second kappa shape index (κ2) is 6.22.